The summed E-state index contributed by atoms with van der Waals surface area (Å²) < 4.78 is 1.84. The lowest BCUT2D eigenvalue weighted by Gasteiger charge is -2.30. The van der Waals surface area contributed by atoms with Crippen LogP contribution in [0.2, 0.25) is 0 Å². The number of hydrogen-bond donors (Lipinski definition) is 1. The summed E-state index contributed by atoms with van der Waals surface area (Å²) in [5.74, 6) is 0.613. The summed E-state index contributed by atoms with van der Waals surface area (Å²) >= 11 is 0. The molecule has 7 nitrogen and oxygen atoms in total. The average molecular weight is 317 g/mol. The molecule has 7 heteroatoms. The van der Waals surface area contributed by atoms with Gasteiger partial charge < -0.3 is 5.32 Å². The first-order valence-corrected chi connectivity index (χ1v) is 8.69. The van der Waals surface area contributed by atoms with Gasteiger partial charge in [-0.25, -0.2) is 4.79 Å². The van der Waals surface area contributed by atoms with Crippen LogP contribution in [-0.2, 0) is 17.9 Å². The molecule has 0 unspecified atom stereocenters. The molecule has 23 heavy (non-hydrogen) atoms. The van der Waals surface area contributed by atoms with Gasteiger partial charge in [0.2, 0.25) is 0 Å². The highest BCUT2D eigenvalue weighted by Gasteiger charge is 2.51. The van der Waals surface area contributed by atoms with Crippen molar-refractivity contribution >= 4 is 11.9 Å². The molecule has 1 aromatic rings. The normalized spacial score (nSPS) is 24.1. The molecule has 2 saturated carbocycles. The molecule has 0 bridgehead atoms. The molecule has 0 radical (unpaired) electrons. The largest absolute Gasteiger partial charge is 0.325 e. The highest BCUT2D eigenvalue weighted by atomic mass is 16.2. The fourth-order valence-corrected chi connectivity index (χ4v) is 3.92. The number of hydrogen-bond acceptors (Lipinski definition) is 4. The number of nitrogens with zero attached hydrogens (tertiary/aromatic N) is 4. The smallest absolute Gasteiger partial charge is 0.323 e. The van der Waals surface area contributed by atoms with E-state index in [1.165, 1.54) is 24.2 Å². The van der Waals surface area contributed by atoms with Gasteiger partial charge in [-0.05, 0) is 31.6 Å². The first-order chi connectivity index (χ1) is 11.2. The monoisotopic (exact) mass is 317 g/mol. The van der Waals surface area contributed by atoms with Crippen LogP contribution in [0.25, 0.3) is 0 Å². The Kier molecular flexibility index (Phi) is 3.58. The van der Waals surface area contributed by atoms with E-state index >= 15 is 0 Å². The van der Waals surface area contributed by atoms with Gasteiger partial charge in [-0.15, -0.1) is 5.10 Å². The van der Waals surface area contributed by atoms with Crippen LogP contribution in [0.3, 0.4) is 0 Å². The van der Waals surface area contributed by atoms with Crippen molar-refractivity contribution in [2.24, 2.45) is 5.92 Å². The highest BCUT2D eigenvalue weighted by molar-refractivity contribution is 6.07. The maximum atomic E-state index is 12.7. The van der Waals surface area contributed by atoms with E-state index in [0.717, 1.165) is 38.6 Å². The van der Waals surface area contributed by atoms with Crippen molar-refractivity contribution in [3.8, 4) is 0 Å². The van der Waals surface area contributed by atoms with Crippen molar-refractivity contribution in [1.82, 2.24) is 25.2 Å². The van der Waals surface area contributed by atoms with E-state index in [1.807, 2.05) is 10.9 Å². The van der Waals surface area contributed by atoms with Crippen molar-refractivity contribution in [1.29, 1.82) is 0 Å². The lowest BCUT2D eigenvalue weighted by atomic mass is 9.82. The maximum Gasteiger partial charge on any atom is 0.325 e. The topological polar surface area (TPSA) is 80.1 Å². The molecule has 1 saturated heterocycles. The van der Waals surface area contributed by atoms with Gasteiger partial charge >= 0.3 is 6.03 Å². The number of carbonyl (C=O) groups is 2. The summed E-state index contributed by atoms with van der Waals surface area (Å²) in [6, 6.07) is -0.287. The van der Waals surface area contributed by atoms with E-state index in [2.05, 4.69) is 15.6 Å². The van der Waals surface area contributed by atoms with Crippen LogP contribution < -0.4 is 5.32 Å². The molecular weight excluding hydrogens is 294 g/mol. The molecule has 0 atom stereocenters. The summed E-state index contributed by atoms with van der Waals surface area (Å²) in [5.41, 5.74) is 0.0257. The standard InChI is InChI=1S/C16H23N5O2/c22-14-16(7-2-1-3-8-16)17-15(23)21(14)11-13-10-20(19-18-13)9-12-5-4-6-12/h10,12H,1-9,11H2,(H,17,23). The van der Waals surface area contributed by atoms with Gasteiger partial charge in [0.1, 0.15) is 11.2 Å². The Hall–Kier alpha value is -1.92. The number of nitrogens with one attached hydrogen (secondary N) is 1. The predicted molar refractivity (Wildman–Crippen MR) is 82.3 cm³/mol. The second-order valence-electron chi connectivity index (χ2n) is 7.19. The number of amides is 3. The number of imide groups is 1. The van der Waals surface area contributed by atoms with Crippen molar-refractivity contribution in [2.75, 3.05) is 0 Å². The zero-order valence-corrected chi connectivity index (χ0v) is 13.3. The van der Waals surface area contributed by atoms with E-state index in [-0.39, 0.29) is 18.5 Å². The molecule has 3 amide bonds. The average Bonchev–Trinajstić information content (AvgIpc) is 3.03. The minimum Gasteiger partial charge on any atom is -0.323 e. The van der Waals surface area contributed by atoms with Crippen molar-refractivity contribution in [2.45, 2.75) is 70.0 Å². The molecule has 1 aliphatic heterocycles. The molecule has 2 aliphatic carbocycles. The van der Waals surface area contributed by atoms with Crippen LogP contribution in [0.5, 0.6) is 0 Å². The molecule has 0 aromatic carbocycles. The number of urea groups is 1. The summed E-state index contributed by atoms with van der Waals surface area (Å²) in [6.07, 6.45) is 10.3. The van der Waals surface area contributed by atoms with Crippen LogP contribution >= 0.6 is 0 Å². The molecule has 124 valence electrons. The Morgan fingerprint density at radius 3 is 2.65 bits per heavy atom. The van der Waals surface area contributed by atoms with Gasteiger partial charge in [0.25, 0.3) is 5.91 Å². The first-order valence-electron chi connectivity index (χ1n) is 8.69. The Labute approximate surface area is 135 Å². The molecule has 1 spiro atoms. The number of carbonyl (C=O) groups excluding carboxylic acids is 2. The summed E-state index contributed by atoms with van der Waals surface area (Å²) in [7, 11) is 0. The van der Waals surface area contributed by atoms with Gasteiger partial charge in [0.15, 0.2) is 0 Å². The summed E-state index contributed by atoms with van der Waals surface area (Å²) in [5, 5.41) is 11.2. The van der Waals surface area contributed by atoms with Crippen molar-refractivity contribution in [3.63, 3.8) is 0 Å². The quantitative estimate of drug-likeness (QED) is 0.859. The lowest BCUT2D eigenvalue weighted by Crippen LogP contribution is -2.48. The van der Waals surface area contributed by atoms with Crippen LogP contribution in [0, 0.1) is 5.92 Å². The Morgan fingerprint density at radius 1 is 1.17 bits per heavy atom. The van der Waals surface area contributed by atoms with Gasteiger partial charge in [-0.3, -0.25) is 14.4 Å². The predicted octanol–water partition coefficient (Wildman–Crippen LogP) is 1.83. The third-order valence-electron chi connectivity index (χ3n) is 5.53. The highest BCUT2D eigenvalue weighted by Crippen LogP contribution is 2.34. The Morgan fingerprint density at radius 2 is 1.96 bits per heavy atom. The van der Waals surface area contributed by atoms with Gasteiger partial charge in [0, 0.05) is 6.54 Å². The van der Waals surface area contributed by atoms with Crippen molar-refractivity contribution < 1.29 is 9.59 Å². The van der Waals surface area contributed by atoms with E-state index in [1.54, 1.807) is 0 Å². The Bertz CT molecular complexity index is 616. The van der Waals surface area contributed by atoms with E-state index in [0.29, 0.717) is 11.6 Å². The van der Waals surface area contributed by atoms with Crippen LogP contribution in [0.1, 0.15) is 57.1 Å². The first kappa shape index (κ1) is 14.7. The molecular formula is C16H23N5O2. The fourth-order valence-electron chi connectivity index (χ4n) is 3.92. The van der Waals surface area contributed by atoms with Crippen LogP contribution in [-0.4, -0.2) is 37.4 Å². The van der Waals surface area contributed by atoms with Crippen LogP contribution in [0.4, 0.5) is 4.79 Å². The maximum absolute atomic E-state index is 12.7. The van der Waals surface area contributed by atoms with E-state index < -0.39 is 5.54 Å². The van der Waals surface area contributed by atoms with E-state index in [9.17, 15) is 9.59 Å². The van der Waals surface area contributed by atoms with Gasteiger partial charge in [-0.2, -0.15) is 0 Å². The molecule has 3 fully saturated rings. The third-order valence-corrected chi connectivity index (χ3v) is 5.53. The number of aromatic nitrogens is 3. The second-order valence-corrected chi connectivity index (χ2v) is 7.19. The SMILES string of the molecule is O=C1NC2(CCCCC2)C(=O)N1Cc1cn(CC2CCC2)nn1. The fraction of sp³-hybridized carbons (Fsp3) is 0.750. The van der Waals surface area contributed by atoms with Crippen molar-refractivity contribution in [3.05, 3.63) is 11.9 Å². The lowest BCUT2D eigenvalue weighted by molar-refractivity contribution is -0.132. The van der Waals surface area contributed by atoms with Crippen LogP contribution in [0.15, 0.2) is 6.20 Å². The third kappa shape index (κ3) is 2.62. The Balaban J connectivity index is 1.43. The van der Waals surface area contributed by atoms with Gasteiger partial charge in [0.05, 0.1) is 12.7 Å². The summed E-state index contributed by atoms with van der Waals surface area (Å²) in [6.45, 7) is 1.11. The zero-order chi connectivity index (χ0) is 15.9. The molecule has 1 N–H and O–H groups in total. The van der Waals surface area contributed by atoms with E-state index in [4.69, 9.17) is 0 Å². The minimum absolute atomic E-state index is 0.0873. The number of rotatable bonds is 4. The molecule has 4 rings (SSSR count). The van der Waals surface area contributed by atoms with Gasteiger partial charge in [-0.1, -0.05) is 30.9 Å². The molecule has 3 aliphatic rings. The second kappa shape index (κ2) is 5.62. The zero-order valence-electron chi connectivity index (χ0n) is 13.3. The minimum atomic E-state index is -0.655. The summed E-state index contributed by atoms with van der Waals surface area (Å²) in [4.78, 5) is 26.3. The molecule has 2 heterocycles. The molecule has 1 aromatic heterocycles.